The summed E-state index contributed by atoms with van der Waals surface area (Å²) in [5, 5.41) is 5.53. The van der Waals surface area contributed by atoms with Crippen molar-refractivity contribution in [2.45, 2.75) is 38.6 Å². The molecule has 0 aliphatic carbocycles. The fraction of sp³-hybridized carbons (Fsp3) is 0.818. The zero-order chi connectivity index (χ0) is 12.0. The van der Waals surface area contributed by atoms with Gasteiger partial charge in [0.25, 0.3) is 0 Å². The van der Waals surface area contributed by atoms with Gasteiger partial charge in [-0.05, 0) is 32.2 Å². The van der Waals surface area contributed by atoms with Gasteiger partial charge in [0, 0.05) is 12.5 Å². The Labute approximate surface area is 96.1 Å². The minimum Gasteiger partial charge on any atom is -0.354 e. The molecule has 2 unspecified atom stereocenters. The molecule has 1 rings (SSSR count). The molecule has 1 aliphatic heterocycles. The van der Waals surface area contributed by atoms with Crippen molar-refractivity contribution in [2.24, 2.45) is 11.7 Å². The van der Waals surface area contributed by atoms with Crippen LogP contribution in [-0.4, -0.2) is 30.9 Å². The molecule has 5 heteroatoms. The normalized spacial score (nSPS) is 22.4. The molecule has 92 valence electrons. The lowest BCUT2D eigenvalue weighted by atomic mass is 10.0. The minimum absolute atomic E-state index is 0.0458. The second kappa shape index (κ2) is 6.48. The number of carbonyl (C=O) groups excluding carboxylic acids is 2. The van der Waals surface area contributed by atoms with Crippen molar-refractivity contribution in [1.82, 2.24) is 10.6 Å². The Hall–Kier alpha value is -1.10. The molecule has 1 aliphatic rings. The molecular weight excluding hydrogens is 206 g/mol. The maximum absolute atomic E-state index is 11.7. The van der Waals surface area contributed by atoms with E-state index in [0.717, 1.165) is 25.7 Å². The lowest BCUT2D eigenvalue weighted by Crippen LogP contribution is -2.51. The number of hydrogen-bond donors (Lipinski definition) is 3. The van der Waals surface area contributed by atoms with Gasteiger partial charge in [-0.3, -0.25) is 9.59 Å². The first-order valence-electron chi connectivity index (χ1n) is 5.93. The highest BCUT2D eigenvalue weighted by molar-refractivity contribution is 5.88. The van der Waals surface area contributed by atoms with E-state index >= 15 is 0 Å². The summed E-state index contributed by atoms with van der Waals surface area (Å²) in [5.41, 5.74) is 5.39. The first-order chi connectivity index (χ1) is 7.65. The standard InChI is InChI=1S/C11H21N3O2/c1-8(4-2-6-12)10(15)14-9-5-3-7-13-11(9)16/h8-9H,2-7,12H2,1H3,(H,13,16)(H,14,15). The number of amides is 2. The highest BCUT2D eigenvalue weighted by Crippen LogP contribution is 2.08. The van der Waals surface area contributed by atoms with Crippen LogP contribution in [-0.2, 0) is 9.59 Å². The number of carbonyl (C=O) groups is 2. The van der Waals surface area contributed by atoms with Gasteiger partial charge in [0.2, 0.25) is 11.8 Å². The summed E-state index contributed by atoms with van der Waals surface area (Å²) in [6.45, 7) is 3.18. The van der Waals surface area contributed by atoms with E-state index in [0.29, 0.717) is 13.1 Å². The quantitative estimate of drug-likeness (QED) is 0.606. The molecule has 0 saturated carbocycles. The van der Waals surface area contributed by atoms with E-state index < -0.39 is 0 Å². The van der Waals surface area contributed by atoms with Crippen molar-refractivity contribution in [1.29, 1.82) is 0 Å². The number of nitrogens with one attached hydrogen (secondary N) is 2. The third-order valence-electron chi connectivity index (χ3n) is 2.89. The van der Waals surface area contributed by atoms with Crippen molar-refractivity contribution in [2.75, 3.05) is 13.1 Å². The van der Waals surface area contributed by atoms with Gasteiger partial charge in [-0.1, -0.05) is 6.92 Å². The topological polar surface area (TPSA) is 84.2 Å². The number of nitrogens with two attached hydrogens (primary N) is 1. The summed E-state index contributed by atoms with van der Waals surface area (Å²) in [6.07, 6.45) is 3.27. The second-order valence-electron chi connectivity index (χ2n) is 4.33. The molecule has 1 saturated heterocycles. The Balaban J connectivity index is 2.34. The Morgan fingerprint density at radius 3 is 3.06 bits per heavy atom. The summed E-state index contributed by atoms with van der Waals surface area (Å²) < 4.78 is 0. The van der Waals surface area contributed by atoms with Crippen LogP contribution in [0, 0.1) is 5.92 Å². The number of hydrogen-bond acceptors (Lipinski definition) is 3. The smallest absolute Gasteiger partial charge is 0.242 e. The van der Waals surface area contributed by atoms with Gasteiger partial charge in [-0.25, -0.2) is 0 Å². The fourth-order valence-corrected chi connectivity index (χ4v) is 1.78. The first kappa shape index (κ1) is 13.0. The van der Waals surface area contributed by atoms with Gasteiger partial charge in [-0.2, -0.15) is 0 Å². The average Bonchev–Trinajstić information content (AvgIpc) is 2.28. The van der Waals surface area contributed by atoms with Gasteiger partial charge in [0.05, 0.1) is 0 Å². The van der Waals surface area contributed by atoms with E-state index in [4.69, 9.17) is 5.73 Å². The first-order valence-corrected chi connectivity index (χ1v) is 5.93. The van der Waals surface area contributed by atoms with E-state index in [1.807, 2.05) is 6.92 Å². The lowest BCUT2D eigenvalue weighted by Gasteiger charge is -2.24. The van der Waals surface area contributed by atoms with Crippen LogP contribution in [0.3, 0.4) is 0 Å². The summed E-state index contributed by atoms with van der Waals surface area (Å²) in [6, 6.07) is -0.346. The van der Waals surface area contributed by atoms with E-state index in [-0.39, 0.29) is 23.8 Å². The van der Waals surface area contributed by atoms with Crippen LogP contribution in [0.2, 0.25) is 0 Å². The van der Waals surface area contributed by atoms with Crippen molar-refractivity contribution in [3.8, 4) is 0 Å². The largest absolute Gasteiger partial charge is 0.354 e. The summed E-state index contributed by atoms with van der Waals surface area (Å²) in [4.78, 5) is 23.2. The van der Waals surface area contributed by atoms with Crippen LogP contribution < -0.4 is 16.4 Å². The average molecular weight is 227 g/mol. The highest BCUT2D eigenvalue weighted by Gasteiger charge is 2.25. The van der Waals surface area contributed by atoms with Crippen molar-refractivity contribution < 1.29 is 9.59 Å². The molecule has 0 aromatic rings. The molecule has 0 radical (unpaired) electrons. The minimum atomic E-state index is -0.346. The molecule has 0 aromatic carbocycles. The predicted molar refractivity (Wildman–Crippen MR) is 61.6 cm³/mol. The van der Waals surface area contributed by atoms with Gasteiger partial charge >= 0.3 is 0 Å². The SMILES string of the molecule is CC(CCCN)C(=O)NC1CCCNC1=O. The van der Waals surface area contributed by atoms with Crippen molar-refractivity contribution in [3.05, 3.63) is 0 Å². The lowest BCUT2D eigenvalue weighted by molar-refractivity contribution is -0.131. The summed E-state index contributed by atoms with van der Waals surface area (Å²) in [7, 11) is 0. The third kappa shape index (κ3) is 3.81. The molecule has 5 nitrogen and oxygen atoms in total. The zero-order valence-corrected chi connectivity index (χ0v) is 9.79. The van der Waals surface area contributed by atoms with Crippen LogP contribution in [0.15, 0.2) is 0 Å². The van der Waals surface area contributed by atoms with E-state index in [1.165, 1.54) is 0 Å². The van der Waals surface area contributed by atoms with Crippen molar-refractivity contribution in [3.63, 3.8) is 0 Å². The monoisotopic (exact) mass is 227 g/mol. The van der Waals surface area contributed by atoms with Crippen LogP contribution in [0.5, 0.6) is 0 Å². The summed E-state index contributed by atoms with van der Waals surface area (Å²) >= 11 is 0. The Morgan fingerprint density at radius 2 is 2.44 bits per heavy atom. The van der Waals surface area contributed by atoms with E-state index in [1.54, 1.807) is 0 Å². The highest BCUT2D eigenvalue weighted by atomic mass is 16.2. The van der Waals surface area contributed by atoms with E-state index in [2.05, 4.69) is 10.6 Å². The van der Waals surface area contributed by atoms with Gasteiger partial charge in [-0.15, -0.1) is 0 Å². The van der Waals surface area contributed by atoms with Gasteiger partial charge in [0.15, 0.2) is 0 Å². The molecule has 4 N–H and O–H groups in total. The molecule has 16 heavy (non-hydrogen) atoms. The van der Waals surface area contributed by atoms with Crippen LogP contribution in [0.1, 0.15) is 32.6 Å². The molecule has 0 bridgehead atoms. The molecular formula is C11H21N3O2. The predicted octanol–water partition coefficient (Wildman–Crippen LogP) is -0.244. The van der Waals surface area contributed by atoms with Crippen LogP contribution >= 0.6 is 0 Å². The Kier molecular flexibility index (Phi) is 5.25. The third-order valence-corrected chi connectivity index (χ3v) is 2.89. The molecule has 2 amide bonds. The summed E-state index contributed by atoms with van der Waals surface area (Å²) in [5.74, 6) is -0.181. The Bertz CT molecular complexity index is 256. The maximum Gasteiger partial charge on any atom is 0.242 e. The maximum atomic E-state index is 11.7. The zero-order valence-electron chi connectivity index (χ0n) is 9.79. The molecule has 1 fully saturated rings. The molecule has 2 atom stereocenters. The fourth-order valence-electron chi connectivity index (χ4n) is 1.78. The van der Waals surface area contributed by atoms with Gasteiger partial charge < -0.3 is 16.4 Å². The number of piperidine rings is 1. The molecule has 0 aromatic heterocycles. The van der Waals surface area contributed by atoms with Crippen molar-refractivity contribution >= 4 is 11.8 Å². The molecule has 1 heterocycles. The van der Waals surface area contributed by atoms with Crippen LogP contribution in [0.4, 0.5) is 0 Å². The second-order valence-corrected chi connectivity index (χ2v) is 4.33. The Morgan fingerprint density at radius 1 is 1.69 bits per heavy atom. The number of rotatable bonds is 5. The molecule has 0 spiro atoms. The van der Waals surface area contributed by atoms with E-state index in [9.17, 15) is 9.59 Å². The van der Waals surface area contributed by atoms with Gasteiger partial charge in [0.1, 0.15) is 6.04 Å². The van der Waals surface area contributed by atoms with Crippen LogP contribution in [0.25, 0.3) is 0 Å².